The van der Waals surface area contributed by atoms with Crippen LogP contribution in [0.25, 0.3) is 0 Å². The highest BCUT2D eigenvalue weighted by Crippen LogP contribution is 2.21. The van der Waals surface area contributed by atoms with Crippen molar-refractivity contribution in [3.8, 4) is 0 Å². The van der Waals surface area contributed by atoms with Gasteiger partial charge in [-0.15, -0.1) is 0 Å². The van der Waals surface area contributed by atoms with Crippen molar-refractivity contribution in [2.45, 2.75) is 136 Å². The van der Waals surface area contributed by atoms with Gasteiger partial charge in [0.15, 0.2) is 0 Å². The van der Waals surface area contributed by atoms with Gasteiger partial charge in [-0.25, -0.2) is 0 Å². The maximum atomic E-state index is 12.4. The smallest absolute Gasteiger partial charge is 0.308 e. The van der Waals surface area contributed by atoms with Crippen LogP contribution in [0.15, 0.2) is 0 Å². The number of ether oxygens (including phenoxy) is 1. The van der Waals surface area contributed by atoms with Crippen LogP contribution in [0.1, 0.15) is 136 Å². The van der Waals surface area contributed by atoms with E-state index in [2.05, 4.69) is 20.8 Å². The van der Waals surface area contributed by atoms with E-state index in [0.717, 1.165) is 25.7 Å². The summed E-state index contributed by atoms with van der Waals surface area (Å²) in [6.07, 6.45) is 22.6. The van der Waals surface area contributed by atoms with Gasteiger partial charge in [-0.1, -0.05) is 117 Å². The maximum Gasteiger partial charge on any atom is 0.308 e. The standard InChI is InChI=1S/C24H48O2/c1-4-7-10-12-14-15-17-19-21-23(24(25)26-22-9-6-3)20-18-16-13-11-8-5-2/h23H,4-22H2,1-3H3. The Balaban J connectivity index is 3.93. The summed E-state index contributed by atoms with van der Waals surface area (Å²) in [7, 11) is 0. The Bertz CT molecular complexity index is 288. The molecule has 0 amide bonds. The van der Waals surface area contributed by atoms with Gasteiger partial charge in [0.2, 0.25) is 0 Å². The summed E-state index contributed by atoms with van der Waals surface area (Å²) in [6.45, 7) is 7.28. The highest BCUT2D eigenvalue weighted by atomic mass is 16.5. The molecule has 26 heavy (non-hydrogen) atoms. The summed E-state index contributed by atoms with van der Waals surface area (Å²) in [5.74, 6) is 0.230. The molecule has 0 rings (SSSR count). The number of carbonyl (C=O) groups is 1. The number of hydrogen-bond donors (Lipinski definition) is 0. The molecule has 0 fully saturated rings. The first-order chi connectivity index (χ1) is 12.8. The molecule has 0 aromatic rings. The normalized spacial score (nSPS) is 12.3. The summed E-state index contributed by atoms with van der Waals surface area (Å²) in [4.78, 5) is 12.4. The zero-order valence-corrected chi connectivity index (χ0v) is 18.3. The molecular formula is C24H48O2. The number of unbranched alkanes of at least 4 members (excludes halogenated alkanes) is 13. The van der Waals surface area contributed by atoms with Crippen molar-refractivity contribution in [2.75, 3.05) is 6.61 Å². The van der Waals surface area contributed by atoms with Crippen molar-refractivity contribution in [3.05, 3.63) is 0 Å². The number of rotatable bonds is 20. The van der Waals surface area contributed by atoms with E-state index in [1.165, 1.54) is 89.9 Å². The van der Waals surface area contributed by atoms with E-state index in [1.54, 1.807) is 0 Å². The van der Waals surface area contributed by atoms with E-state index in [1.807, 2.05) is 0 Å². The van der Waals surface area contributed by atoms with Crippen molar-refractivity contribution in [3.63, 3.8) is 0 Å². The molecule has 0 bridgehead atoms. The van der Waals surface area contributed by atoms with Gasteiger partial charge < -0.3 is 4.74 Å². The van der Waals surface area contributed by atoms with Crippen molar-refractivity contribution in [1.29, 1.82) is 0 Å². The molecule has 0 aliphatic carbocycles. The molecule has 1 atom stereocenters. The van der Waals surface area contributed by atoms with Crippen LogP contribution in [0.4, 0.5) is 0 Å². The fraction of sp³-hybridized carbons (Fsp3) is 0.958. The molecular weight excluding hydrogens is 320 g/mol. The average molecular weight is 369 g/mol. The molecule has 0 N–H and O–H groups in total. The zero-order chi connectivity index (χ0) is 19.3. The molecule has 0 saturated carbocycles. The maximum absolute atomic E-state index is 12.4. The van der Waals surface area contributed by atoms with Gasteiger partial charge in [0, 0.05) is 0 Å². The van der Waals surface area contributed by atoms with Crippen LogP contribution < -0.4 is 0 Å². The first-order valence-corrected chi connectivity index (χ1v) is 11.9. The molecule has 2 nitrogen and oxygen atoms in total. The topological polar surface area (TPSA) is 26.3 Å². The Morgan fingerprint density at radius 1 is 0.577 bits per heavy atom. The molecule has 0 saturated heterocycles. The molecule has 0 aliphatic heterocycles. The van der Waals surface area contributed by atoms with E-state index >= 15 is 0 Å². The quantitative estimate of drug-likeness (QED) is 0.160. The highest BCUT2D eigenvalue weighted by Gasteiger charge is 2.19. The van der Waals surface area contributed by atoms with Gasteiger partial charge in [0.05, 0.1) is 12.5 Å². The summed E-state index contributed by atoms with van der Waals surface area (Å²) < 4.78 is 5.52. The van der Waals surface area contributed by atoms with Gasteiger partial charge in [0.1, 0.15) is 0 Å². The van der Waals surface area contributed by atoms with Crippen molar-refractivity contribution in [1.82, 2.24) is 0 Å². The predicted molar refractivity (Wildman–Crippen MR) is 115 cm³/mol. The summed E-state index contributed by atoms with van der Waals surface area (Å²) in [5.41, 5.74) is 0. The summed E-state index contributed by atoms with van der Waals surface area (Å²) in [5, 5.41) is 0. The second kappa shape index (κ2) is 20.8. The van der Waals surface area contributed by atoms with Crippen molar-refractivity contribution < 1.29 is 9.53 Å². The first kappa shape index (κ1) is 25.5. The minimum Gasteiger partial charge on any atom is -0.465 e. The van der Waals surface area contributed by atoms with Crippen LogP contribution in [0.3, 0.4) is 0 Å². The molecule has 0 aromatic carbocycles. The Kier molecular flexibility index (Phi) is 20.4. The van der Waals surface area contributed by atoms with E-state index < -0.39 is 0 Å². The van der Waals surface area contributed by atoms with Crippen LogP contribution in [0, 0.1) is 5.92 Å². The lowest BCUT2D eigenvalue weighted by Gasteiger charge is -2.16. The molecule has 0 radical (unpaired) electrons. The van der Waals surface area contributed by atoms with Gasteiger partial charge in [-0.3, -0.25) is 4.79 Å². The minimum absolute atomic E-state index is 0.0787. The Labute approximate surface area is 164 Å². The number of esters is 1. The van der Waals surface area contributed by atoms with Crippen molar-refractivity contribution >= 4 is 5.97 Å². The molecule has 156 valence electrons. The number of hydrogen-bond acceptors (Lipinski definition) is 2. The summed E-state index contributed by atoms with van der Waals surface area (Å²) in [6, 6.07) is 0. The van der Waals surface area contributed by atoms with Crippen LogP contribution in [-0.4, -0.2) is 12.6 Å². The van der Waals surface area contributed by atoms with Gasteiger partial charge in [-0.05, 0) is 19.3 Å². The predicted octanol–water partition coefficient (Wildman–Crippen LogP) is 8.23. The Morgan fingerprint density at radius 2 is 0.962 bits per heavy atom. The van der Waals surface area contributed by atoms with Crippen LogP contribution in [-0.2, 0) is 9.53 Å². The fourth-order valence-corrected chi connectivity index (χ4v) is 3.51. The fourth-order valence-electron chi connectivity index (χ4n) is 3.51. The van der Waals surface area contributed by atoms with E-state index in [4.69, 9.17) is 4.74 Å². The van der Waals surface area contributed by atoms with Gasteiger partial charge >= 0.3 is 5.97 Å². The van der Waals surface area contributed by atoms with Gasteiger partial charge in [-0.2, -0.15) is 0 Å². The lowest BCUT2D eigenvalue weighted by atomic mass is 9.94. The SMILES string of the molecule is CCCCCCCCCCC(CCCCCCCC)C(=O)OCCCC. The minimum atomic E-state index is 0.0787. The summed E-state index contributed by atoms with van der Waals surface area (Å²) >= 11 is 0. The second-order valence-electron chi connectivity index (χ2n) is 8.04. The third kappa shape index (κ3) is 16.9. The molecule has 0 heterocycles. The average Bonchev–Trinajstić information content (AvgIpc) is 2.65. The molecule has 0 aromatic heterocycles. The molecule has 0 aliphatic rings. The van der Waals surface area contributed by atoms with E-state index in [0.29, 0.717) is 6.61 Å². The van der Waals surface area contributed by atoms with E-state index in [9.17, 15) is 4.79 Å². The Morgan fingerprint density at radius 3 is 1.38 bits per heavy atom. The van der Waals surface area contributed by atoms with E-state index in [-0.39, 0.29) is 11.9 Å². The Hall–Kier alpha value is -0.530. The first-order valence-electron chi connectivity index (χ1n) is 11.9. The molecule has 0 spiro atoms. The van der Waals surface area contributed by atoms with Crippen LogP contribution >= 0.6 is 0 Å². The molecule has 1 unspecified atom stereocenters. The highest BCUT2D eigenvalue weighted by molar-refractivity contribution is 5.72. The number of carbonyl (C=O) groups excluding carboxylic acids is 1. The third-order valence-electron chi connectivity index (χ3n) is 5.39. The van der Waals surface area contributed by atoms with Crippen LogP contribution in [0.2, 0.25) is 0 Å². The monoisotopic (exact) mass is 368 g/mol. The lowest BCUT2D eigenvalue weighted by molar-refractivity contribution is -0.149. The zero-order valence-electron chi connectivity index (χ0n) is 18.3. The largest absolute Gasteiger partial charge is 0.465 e. The van der Waals surface area contributed by atoms with Gasteiger partial charge in [0.25, 0.3) is 0 Å². The van der Waals surface area contributed by atoms with Crippen LogP contribution in [0.5, 0.6) is 0 Å². The lowest BCUT2D eigenvalue weighted by Crippen LogP contribution is -2.18. The van der Waals surface area contributed by atoms with Crippen molar-refractivity contribution in [2.24, 2.45) is 5.92 Å². The second-order valence-corrected chi connectivity index (χ2v) is 8.04. The molecule has 2 heteroatoms. The third-order valence-corrected chi connectivity index (χ3v) is 5.39.